The standard InChI is InChI=1S/C22H28F3N5O/c1-17(22(23,24)25)29-10-12-30(13-11-29)21(26-2)28-15-18-6-5-8-20(14-18)31-16-19-7-3-4-9-27-19/h3-9,14,17H,10-13,15-16H2,1-2H3,(H,26,28). The van der Waals surface area contributed by atoms with Crippen molar-refractivity contribution < 1.29 is 17.9 Å². The minimum Gasteiger partial charge on any atom is -0.487 e. The van der Waals surface area contributed by atoms with Crippen LogP contribution in [-0.4, -0.2) is 66.2 Å². The number of benzene rings is 1. The van der Waals surface area contributed by atoms with Gasteiger partial charge < -0.3 is 15.0 Å². The Morgan fingerprint density at radius 3 is 2.58 bits per heavy atom. The number of halogens is 3. The average Bonchev–Trinajstić information content (AvgIpc) is 2.78. The Kier molecular flexibility index (Phi) is 7.73. The van der Waals surface area contributed by atoms with Crippen molar-refractivity contribution in [3.8, 4) is 5.75 Å². The van der Waals surface area contributed by atoms with Gasteiger partial charge in [0.25, 0.3) is 0 Å². The molecule has 1 aromatic heterocycles. The van der Waals surface area contributed by atoms with Crippen LogP contribution in [0.4, 0.5) is 13.2 Å². The zero-order chi connectivity index (χ0) is 22.3. The van der Waals surface area contributed by atoms with Gasteiger partial charge in [0, 0.05) is 46.0 Å². The smallest absolute Gasteiger partial charge is 0.403 e. The zero-order valence-electron chi connectivity index (χ0n) is 17.8. The van der Waals surface area contributed by atoms with E-state index in [-0.39, 0.29) is 0 Å². The Morgan fingerprint density at radius 2 is 1.94 bits per heavy atom. The van der Waals surface area contributed by atoms with Crippen molar-refractivity contribution in [3.05, 3.63) is 59.9 Å². The summed E-state index contributed by atoms with van der Waals surface area (Å²) in [6.07, 6.45) is -2.47. The summed E-state index contributed by atoms with van der Waals surface area (Å²) >= 11 is 0. The number of aromatic nitrogens is 1. The first-order valence-electron chi connectivity index (χ1n) is 10.2. The van der Waals surface area contributed by atoms with Gasteiger partial charge in [-0.15, -0.1) is 0 Å². The molecule has 9 heteroatoms. The van der Waals surface area contributed by atoms with E-state index in [1.165, 1.54) is 11.8 Å². The highest BCUT2D eigenvalue weighted by molar-refractivity contribution is 5.80. The van der Waals surface area contributed by atoms with Crippen LogP contribution < -0.4 is 10.1 Å². The molecule has 1 aliphatic rings. The fraction of sp³-hybridized carbons (Fsp3) is 0.455. The van der Waals surface area contributed by atoms with Crippen LogP contribution in [0.3, 0.4) is 0 Å². The Hall–Kier alpha value is -2.81. The van der Waals surface area contributed by atoms with E-state index in [1.54, 1.807) is 13.2 Å². The van der Waals surface area contributed by atoms with E-state index in [2.05, 4.69) is 15.3 Å². The number of guanidine groups is 1. The summed E-state index contributed by atoms with van der Waals surface area (Å²) in [6.45, 7) is 3.81. The molecule has 1 fully saturated rings. The SMILES string of the molecule is CN=C(NCc1cccc(OCc2ccccn2)c1)N1CCN(C(C)C(F)(F)F)CC1. The van der Waals surface area contributed by atoms with E-state index in [0.29, 0.717) is 45.3 Å². The molecular weight excluding hydrogens is 407 g/mol. The molecule has 1 aliphatic heterocycles. The van der Waals surface area contributed by atoms with Gasteiger partial charge in [0.15, 0.2) is 5.96 Å². The molecule has 1 N–H and O–H groups in total. The summed E-state index contributed by atoms with van der Waals surface area (Å²) in [5.74, 6) is 1.42. The van der Waals surface area contributed by atoms with E-state index in [1.807, 2.05) is 47.4 Å². The quantitative estimate of drug-likeness (QED) is 0.558. The molecule has 1 saturated heterocycles. The van der Waals surface area contributed by atoms with E-state index in [4.69, 9.17) is 4.74 Å². The third-order valence-electron chi connectivity index (χ3n) is 5.31. The topological polar surface area (TPSA) is 53.0 Å². The van der Waals surface area contributed by atoms with Crippen molar-refractivity contribution in [1.82, 2.24) is 20.1 Å². The first-order chi connectivity index (χ1) is 14.9. The third-order valence-corrected chi connectivity index (χ3v) is 5.31. The molecule has 1 aromatic carbocycles. The predicted molar refractivity (Wildman–Crippen MR) is 114 cm³/mol. The van der Waals surface area contributed by atoms with Crippen LogP contribution in [0.1, 0.15) is 18.2 Å². The van der Waals surface area contributed by atoms with Gasteiger partial charge in [0.1, 0.15) is 18.4 Å². The van der Waals surface area contributed by atoms with Crippen molar-refractivity contribution in [3.63, 3.8) is 0 Å². The lowest BCUT2D eigenvalue weighted by atomic mass is 10.2. The number of hydrogen-bond donors (Lipinski definition) is 1. The number of piperazine rings is 1. The summed E-state index contributed by atoms with van der Waals surface area (Å²) in [4.78, 5) is 12.0. The minimum absolute atomic E-state index is 0.345. The molecule has 2 heterocycles. The van der Waals surface area contributed by atoms with Crippen molar-refractivity contribution in [2.24, 2.45) is 4.99 Å². The summed E-state index contributed by atoms with van der Waals surface area (Å²) in [5, 5.41) is 3.30. The molecule has 1 unspecified atom stereocenters. The molecule has 1 atom stereocenters. The largest absolute Gasteiger partial charge is 0.487 e. The van der Waals surface area contributed by atoms with Gasteiger partial charge in [-0.2, -0.15) is 13.2 Å². The fourth-order valence-electron chi connectivity index (χ4n) is 3.43. The third kappa shape index (κ3) is 6.58. The second kappa shape index (κ2) is 10.5. The molecule has 168 valence electrons. The summed E-state index contributed by atoms with van der Waals surface area (Å²) in [6, 6.07) is 12.0. The van der Waals surface area contributed by atoms with E-state index in [9.17, 15) is 13.2 Å². The number of nitrogens with zero attached hydrogens (tertiary/aromatic N) is 4. The Morgan fingerprint density at radius 1 is 1.16 bits per heavy atom. The number of pyridine rings is 1. The molecule has 31 heavy (non-hydrogen) atoms. The zero-order valence-corrected chi connectivity index (χ0v) is 17.8. The highest BCUT2D eigenvalue weighted by Crippen LogP contribution is 2.25. The maximum Gasteiger partial charge on any atom is 0.403 e. The lowest BCUT2D eigenvalue weighted by molar-refractivity contribution is -0.181. The predicted octanol–water partition coefficient (Wildman–Crippen LogP) is 3.30. The average molecular weight is 435 g/mol. The monoisotopic (exact) mass is 435 g/mol. The fourth-order valence-corrected chi connectivity index (χ4v) is 3.43. The van der Waals surface area contributed by atoms with Gasteiger partial charge in [-0.1, -0.05) is 18.2 Å². The van der Waals surface area contributed by atoms with Gasteiger partial charge in [-0.3, -0.25) is 14.9 Å². The molecule has 0 radical (unpaired) electrons. The van der Waals surface area contributed by atoms with Crippen LogP contribution in [-0.2, 0) is 13.2 Å². The maximum atomic E-state index is 12.9. The number of ether oxygens (including phenoxy) is 1. The first-order valence-corrected chi connectivity index (χ1v) is 10.2. The second-order valence-electron chi connectivity index (χ2n) is 7.40. The van der Waals surface area contributed by atoms with Gasteiger partial charge in [-0.05, 0) is 36.8 Å². The van der Waals surface area contributed by atoms with Gasteiger partial charge >= 0.3 is 6.18 Å². The van der Waals surface area contributed by atoms with Crippen molar-refractivity contribution >= 4 is 5.96 Å². The number of nitrogens with one attached hydrogen (secondary N) is 1. The van der Waals surface area contributed by atoms with Crippen LogP contribution in [0.5, 0.6) is 5.75 Å². The van der Waals surface area contributed by atoms with Crippen molar-refractivity contribution in [2.45, 2.75) is 32.3 Å². The molecule has 6 nitrogen and oxygen atoms in total. The lowest BCUT2D eigenvalue weighted by Crippen LogP contribution is -2.56. The summed E-state index contributed by atoms with van der Waals surface area (Å²) < 4.78 is 44.6. The van der Waals surface area contributed by atoms with Crippen molar-refractivity contribution in [2.75, 3.05) is 33.2 Å². The van der Waals surface area contributed by atoms with Crippen LogP contribution in [0.25, 0.3) is 0 Å². The van der Waals surface area contributed by atoms with Crippen LogP contribution in [0, 0.1) is 0 Å². The van der Waals surface area contributed by atoms with Gasteiger partial charge in [0.05, 0.1) is 5.69 Å². The van der Waals surface area contributed by atoms with Crippen LogP contribution in [0.15, 0.2) is 53.7 Å². The van der Waals surface area contributed by atoms with Crippen molar-refractivity contribution in [1.29, 1.82) is 0 Å². The Balaban J connectivity index is 1.50. The number of hydrogen-bond acceptors (Lipinski definition) is 4. The minimum atomic E-state index is -4.20. The summed E-state index contributed by atoms with van der Waals surface area (Å²) in [5.41, 5.74) is 1.87. The highest BCUT2D eigenvalue weighted by Gasteiger charge is 2.41. The molecule has 0 saturated carbocycles. The summed E-state index contributed by atoms with van der Waals surface area (Å²) in [7, 11) is 1.68. The van der Waals surface area contributed by atoms with Crippen LogP contribution in [0.2, 0.25) is 0 Å². The van der Waals surface area contributed by atoms with E-state index in [0.717, 1.165) is 17.0 Å². The highest BCUT2D eigenvalue weighted by atomic mass is 19.4. The van der Waals surface area contributed by atoms with E-state index >= 15 is 0 Å². The molecule has 0 aliphatic carbocycles. The molecular formula is C22H28F3N5O. The number of rotatable bonds is 6. The Labute approximate surface area is 180 Å². The lowest BCUT2D eigenvalue weighted by Gasteiger charge is -2.39. The number of alkyl halides is 3. The molecule has 0 spiro atoms. The Bertz CT molecular complexity index is 852. The van der Waals surface area contributed by atoms with E-state index < -0.39 is 12.2 Å². The normalized spacial score (nSPS) is 16.8. The molecule has 3 rings (SSSR count). The maximum absolute atomic E-state index is 12.9. The second-order valence-corrected chi connectivity index (χ2v) is 7.40. The van der Waals surface area contributed by atoms with Gasteiger partial charge in [0.2, 0.25) is 0 Å². The molecule has 0 bridgehead atoms. The molecule has 0 amide bonds. The van der Waals surface area contributed by atoms with Crippen LogP contribution >= 0.6 is 0 Å². The number of aliphatic imine (C=N–C) groups is 1. The first kappa shape index (κ1) is 22.9. The van der Waals surface area contributed by atoms with Gasteiger partial charge in [-0.25, -0.2) is 0 Å². The molecule has 2 aromatic rings.